The number of aromatic nitrogens is 1. The summed E-state index contributed by atoms with van der Waals surface area (Å²) >= 11 is 1.28. The monoisotopic (exact) mass is 402 g/mol. The zero-order valence-corrected chi connectivity index (χ0v) is 15.9. The topological polar surface area (TPSA) is 68.3 Å². The molecule has 1 aliphatic rings. The van der Waals surface area contributed by atoms with Crippen molar-refractivity contribution in [1.82, 2.24) is 9.71 Å². The predicted molar refractivity (Wildman–Crippen MR) is 100 cm³/mol. The number of pyridine rings is 1. The molecule has 1 N–H and O–H groups in total. The van der Waals surface area contributed by atoms with Crippen molar-refractivity contribution in [2.24, 2.45) is 0 Å². The second kappa shape index (κ2) is 6.95. The SMILES string of the molecule is Cc1cc2c(cc1S(=O)(=O)NCc1cccnc1)Sc1cc(F)ccc1O2. The zero-order chi connectivity index (χ0) is 19.0. The molecule has 0 fully saturated rings. The minimum Gasteiger partial charge on any atom is -0.455 e. The molecule has 27 heavy (non-hydrogen) atoms. The Labute approximate surface area is 160 Å². The fourth-order valence-electron chi connectivity index (χ4n) is 2.73. The molecular weight excluding hydrogens is 387 g/mol. The lowest BCUT2D eigenvalue weighted by atomic mass is 10.2. The number of hydrogen-bond acceptors (Lipinski definition) is 5. The van der Waals surface area contributed by atoms with E-state index in [9.17, 15) is 12.8 Å². The number of aryl methyl sites for hydroxylation is 1. The van der Waals surface area contributed by atoms with Gasteiger partial charge in [0, 0.05) is 18.9 Å². The number of sulfonamides is 1. The van der Waals surface area contributed by atoms with E-state index in [1.807, 2.05) is 0 Å². The standard InChI is InChI=1S/C19H15FN2O3S2/c1-12-7-16-18(26-17-8-14(20)4-5-15(17)25-16)9-19(12)27(23,24)22-11-13-3-2-6-21-10-13/h2-10,22H,11H2,1H3. The molecular formula is C19H15FN2O3S2. The third-order valence-corrected chi connectivity index (χ3v) is 6.69. The number of benzene rings is 2. The van der Waals surface area contributed by atoms with Gasteiger partial charge in [0.2, 0.25) is 10.0 Å². The van der Waals surface area contributed by atoms with Gasteiger partial charge in [-0.3, -0.25) is 4.98 Å². The third-order valence-electron chi connectivity index (χ3n) is 4.07. The normalized spacial score (nSPS) is 12.8. The van der Waals surface area contributed by atoms with Crippen molar-refractivity contribution in [2.75, 3.05) is 0 Å². The van der Waals surface area contributed by atoms with Crippen LogP contribution in [0.25, 0.3) is 0 Å². The van der Waals surface area contributed by atoms with Gasteiger partial charge < -0.3 is 4.74 Å². The molecule has 0 aliphatic carbocycles. The summed E-state index contributed by atoms with van der Waals surface area (Å²) in [5.74, 6) is 0.743. The number of hydrogen-bond donors (Lipinski definition) is 1. The van der Waals surface area contributed by atoms with Crippen LogP contribution in [-0.2, 0) is 16.6 Å². The molecule has 138 valence electrons. The van der Waals surface area contributed by atoms with Crippen LogP contribution >= 0.6 is 11.8 Å². The summed E-state index contributed by atoms with van der Waals surface area (Å²) in [6, 6.07) is 11.1. The summed E-state index contributed by atoms with van der Waals surface area (Å²) in [7, 11) is -3.73. The van der Waals surface area contributed by atoms with Crippen molar-refractivity contribution in [2.45, 2.75) is 28.2 Å². The molecule has 5 nitrogen and oxygen atoms in total. The number of fused-ring (bicyclic) bond motifs is 2. The molecule has 0 spiro atoms. The van der Waals surface area contributed by atoms with Gasteiger partial charge in [-0.2, -0.15) is 0 Å². The van der Waals surface area contributed by atoms with Crippen molar-refractivity contribution in [3.8, 4) is 11.5 Å². The average molecular weight is 402 g/mol. The Balaban J connectivity index is 1.64. The van der Waals surface area contributed by atoms with Crippen LogP contribution in [0, 0.1) is 12.7 Å². The predicted octanol–water partition coefficient (Wildman–Crippen LogP) is 4.26. The zero-order valence-electron chi connectivity index (χ0n) is 14.3. The Morgan fingerprint density at radius 1 is 1.15 bits per heavy atom. The summed E-state index contributed by atoms with van der Waals surface area (Å²) in [5, 5.41) is 0. The molecule has 1 aromatic heterocycles. The molecule has 8 heteroatoms. The van der Waals surface area contributed by atoms with Crippen molar-refractivity contribution in [3.63, 3.8) is 0 Å². The lowest BCUT2D eigenvalue weighted by molar-refractivity contribution is 0.450. The number of ether oxygens (including phenoxy) is 1. The molecule has 0 atom stereocenters. The first-order chi connectivity index (χ1) is 12.9. The molecule has 0 bridgehead atoms. The van der Waals surface area contributed by atoms with Crippen molar-refractivity contribution in [1.29, 1.82) is 0 Å². The summed E-state index contributed by atoms with van der Waals surface area (Å²) < 4.78 is 47.4. The molecule has 1 aliphatic heterocycles. The lowest BCUT2D eigenvalue weighted by Crippen LogP contribution is -2.24. The van der Waals surface area contributed by atoms with E-state index < -0.39 is 10.0 Å². The first kappa shape index (κ1) is 18.0. The first-order valence-corrected chi connectivity index (χ1v) is 10.4. The third kappa shape index (κ3) is 3.69. The highest BCUT2D eigenvalue weighted by Crippen LogP contribution is 2.48. The summed E-state index contributed by atoms with van der Waals surface area (Å²) in [5.41, 5.74) is 1.33. The van der Waals surface area contributed by atoms with E-state index in [2.05, 4.69) is 9.71 Å². The molecule has 0 saturated carbocycles. The average Bonchev–Trinajstić information content (AvgIpc) is 2.65. The van der Waals surface area contributed by atoms with Crippen LogP contribution in [0.1, 0.15) is 11.1 Å². The van der Waals surface area contributed by atoms with Gasteiger partial charge in [0.1, 0.15) is 17.3 Å². The van der Waals surface area contributed by atoms with E-state index in [0.29, 0.717) is 26.9 Å². The van der Waals surface area contributed by atoms with Crippen molar-refractivity contribution < 1.29 is 17.5 Å². The molecule has 2 aromatic carbocycles. The summed E-state index contributed by atoms with van der Waals surface area (Å²) in [4.78, 5) is 5.38. The molecule has 4 rings (SSSR count). The van der Waals surface area contributed by atoms with E-state index in [-0.39, 0.29) is 17.3 Å². The van der Waals surface area contributed by atoms with E-state index in [0.717, 1.165) is 5.56 Å². The highest BCUT2D eigenvalue weighted by atomic mass is 32.2. The number of nitrogens with one attached hydrogen (secondary N) is 1. The largest absolute Gasteiger partial charge is 0.455 e. The molecule has 2 heterocycles. The van der Waals surface area contributed by atoms with Crippen LogP contribution < -0.4 is 9.46 Å². The van der Waals surface area contributed by atoms with Crippen LogP contribution in [0.3, 0.4) is 0 Å². The first-order valence-electron chi connectivity index (χ1n) is 8.11. The van der Waals surface area contributed by atoms with Gasteiger partial charge in [-0.25, -0.2) is 17.5 Å². The van der Waals surface area contributed by atoms with Gasteiger partial charge in [-0.1, -0.05) is 17.8 Å². The smallest absolute Gasteiger partial charge is 0.241 e. The Hall–Kier alpha value is -2.42. The summed E-state index contributed by atoms with van der Waals surface area (Å²) in [6.07, 6.45) is 3.24. The van der Waals surface area contributed by atoms with Gasteiger partial charge in [-0.15, -0.1) is 0 Å². The fourth-order valence-corrected chi connectivity index (χ4v) is 5.07. The quantitative estimate of drug-likeness (QED) is 0.552. The Morgan fingerprint density at radius 3 is 2.74 bits per heavy atom. The maximum Gasteiger partial charge on any atom is 0.241 e. The Morgan fingerprint density at radius 2 is 1.96 bits per heavy atom. The number of nitrogens with zero attached hydrogens (tertiary/aromatic N) is 1. The van der Waals surface area contributed by atoms with Crippen LogP contribution in [0.5, 0.6) is 11.5 Å². The van der Waals surface area contributed by atoms with E-state index in [1.54, 1.807) is 49.6 Å². The highest BCUT2D eigenvalue weighted by Gasteiger charge is 2.24. The fraction of sp³-hybridized carbons (Fsp3) is 0.105. The van der Waals surface area contributed by atoms with Crippen LogP contribution in [0.2, 0.25) is 0 Å². The molecule has 0 saturated heterocycles. The Bertz CT molecular complexity index is 1120. The maximum absolute atomic E-state index is 13.5. The van der Waals surface area contributed by atoms with Crippen molar-refractivity contribution in [3.05, 3.63) is 71.8 Å². The van der Waals surface area contributed by atoms with E-state index in [4.69, 9.17) is 4.74 Å². The molecule has 3 aromatic rings. The lowest BCUT2D eigenvalue weighted by Gasteiger charge is -2.21. The minimum atomic E-state index is -3.73. The molecule has 0 amide bonds. The Kier molecular flexibility index (Phi) is 4.63. The van der Waals surface area contributed by atoms with E-state index in [1.165, 1.54) is 23.9 Å². The number of rotatable bonds is 4. The number of halogens is 1. The van der Waals surface area contributed by atoms with Gasteiger partial charge in [0.05, 0.1) is 14.7 Å². The van der Waals surface area contributed by atoms with Gasteiger partial charge >= 0.3 is 0 Å². The van der Waals surface area contributed by atoms with E-state index >= 15 is 0 Å². The maximum atomic E-state index is 13.5. The second-order valence-corrected chi connectivity index (χ2v) is 8.86. The summed E-state index contributed by atoms with van der Waals surface area (Å²) in [6.45, 7) is 1.86. The molecule has 0 unspecified atom stereocenters. The van der Waals surface area contributed by atoms with Gasteiger partial charge in [0.25, 0.3) is 0 Å². The van der Waals surface area contributed by atoms with Crippen LogP contribution in [0.4, 0.5) is 4.39 Å². The molecule has 0 radical (unpaired) electrons. The van der Waals surface area contributed by atoms with Crippen molar-refractivity contribution >= 4 is 21.8 Å². The van der Waals surface area contributed by atoms with Crippen LogP contribution in [-0.4, -0.2) is 13.4 Å². The van der Waals surface area contributed by atoms with Crippen LogP contribution in [0.15, 0.2) is 69.5 Å². The van der Waals surface area contributed by atoms with Gasteiger partial charge in [-0.05, 0) is 54.4 Å². The van der Waals surface area contributed by atoms with Gasteiger partial charge in [0.15, 0.2) is 0 Å². The minimum absolute atomic E-state index is 0.143. The highest BCUT2D eigenvalue weighted by molar-refractivity contribution is 7.99. The second-order valence-electron chi connectivity index (χ2n) is 6.05.